The minimum atomic E-state index is -1.23. The zero-order chi connectivity index (χ0) is 14.7. The second-order valence-corrected chi connectivity index (χ2v) is 4.63. The first-order chi connectivity index (χ1) is 9.49. The molecule has 0 bridgehead atoms. The molecule has 0 spiro atoms. The largest absolute Gasteiger partial charge is 0.476 e. The van der Waals surface area contributed by atoms with Gasteiger partial charge in [0, 0.05) is 11.2 Å². The predicted octanol–water partition coefficient (Wildman–Crippen LogP) is 3.34. The molecule has 5 nitrogen and oxygen atoms in total. The number of aromatic carboxylic acids is 1. The normalized spacial score (nSPS) is 10.1. The number of nitrogens with one attached hydrogen (secondary N) is 1. The van der Waals surface area contributed by atoms with E-state index in [9.17, 15) is 9.59 Å². The van der Waals surface area contributed by atoms with Gasteiger partial charge in [0.1, 0.15) is 0 Å². The predicted molar refractivity (Wildman–Crippen MR) is 75.6 cm³/mol. The van der Waals surface area contributed by atoms with Crippen LogP contribution in [0.5, 0.6) is 0 Å². The summed E-state index contributed by atoms with van der Waals surface area (Å²) in [6.07, 6.45) is 1.33. The second kappa shape index (κ2) is 5.90. The standard InChI is InChI=1S/C13H8Cl2N2O3/c14-7-3-4-8(9(15)6-7)12(18)17-10-2-1-5-16-11(10)13(19)20/h1-6H,(H,17,18)(H,19,20). The van der Waals surface area contributed by atoms with Crippen molar-refractivity contribution in [1.29, 1.82) is 0 Å². The Bertz CT molecular complexity index is 689. The molecule has 0 aliphatic heterocycles. The van der Waals surface area contributed by atoms with Gasteiger partial charge in [0.15, 0.2) is 5.69 Å². The van der Waals surface area contributed by atoms with Crippen LogP contribution in [0.1, 0.15) is 20.8 Å². The zero-order valence-electron chi connectivity index (χ0n) is 9.93. The van der Waals surface area contributed by atoms with Gasteiger partial charge in [-0.2, -0.15) is 0 Å². The number of hydrogen-bond donors (Lipinski definition) is 2. The van der Waals surface area contributed by atoms with E-state index in [-0.39, 0.29) is 22.0 Å². The molecule has 0 atom stereocenters. The first kappa shape index (κ1) is 14.3. The van der Waals surface area contributed by atoms with Gasteiger partial charge in [0.05, 0.1) is 16.3 Å². The monoisotopic (exact) mass is 310 g/mol. The van der Waals surface area contributed by atoms with Gasteiger partial charge in [0.25, 0.3) is 5.91 Å². The third kappa shape index (κ3) is 3.07. The molecule has 1 aromatic heterocycles. The molecule has 0 saturated carbocycles. The van der Waals surface area contributed by atoms with Crippen molar-refractivity contribution in [2.45, 2.75) is 0 Å². The number of nitrogens with zero attached hydrogens (tertiary/aromatic N) is 1. The fourth-order valence-corrected chi connectivity index (χ4v) is 2.03. The summed E-state index contributed by atoms with van der Waals surface area (Å²) in [6, 6.07) is 7.36. The van der Waals surface area contributed by atoms with Crippen molar-refractivity contribution in [3.63, 3.8) is 0 Å². The molecule has 2 rings (SSSR count). The topological polar surface area (TPSA) is 79.3 Å². The van der Waals surface area contributed by atoms with Gasteiger partial charge in [-0.3, -0.25) is 4.79 Å². The summed E-state index contributed by atoms with van der Waals surface area (Å²) >= 11 is 11.7. The quantitative estimate of drug-likeness (QED) is 0.911. The number of halogens is 2. The van der Waals surface area contributed by atoms with E-state index in [1.54, 1.807) is 0 Å². The minimum absolute atomic E-state index is 0.0935. The summed E-state index contributed by atoms with van der Waals surface area (Å²) in [5, 5.41) is 12.0. The highest BCUT2D eigenvalue weighted by Gasteiger charge is 2.16. The van der Waals surface area contributed by atoms with Crippen LogP contribution in [-0.4, -0.2) is 22.0 Å². The number of benzene rings is 1. The Balaban J connectivity index is 2.30. The van der Waals surface area contributed by atoms with Gasteiger partial charge < -0.3 is 10.4 Å². The van der Waals surface area contributed by atoms with Crippen molar-refractivity contribution in [3.05, 3.63) is 57.8 Å². The van der Waals surface area contributed by atoms with Gasteiger partial charge in [0.2, 0.25) is 0 Å². The highest BCUT2D eigenvalue weighted by molar-refractivity contribution is 6.37. The van der Waals surface area contributed by atoms with Crippen molar-refractivity contribution < 1.29 is 14.7 Å². The molecule has 2 N–H and O–H groups in total. The van der Waals surface area contributed by atoms with Crippen molar-refractivity contribution >= 4 is 40.8 Å². The summed E-state index contributed by atoms with van der Waals surface area (Å²) < 4.78 is 0. The third-order valence-corrected chi connectivity index (χ3v) is 2.98. The lowest BCUT2D eigenvalue weighted by atomic mass is 10.2. The Kier molecular flexibility index (Phi) is 4.22. The summed E-state index contributed by atoms with van der Waals surface area (Å²) in [5.74, 6) is -1.77. The molecule has 0 unspecified atom stereocenters. The van der Waals surface area contributed by atoms with Crippen LogP contribution < -0.4 is 5.32 Å². The van der Waals surface area contributed by atoms with Crippen LogP contribution >= 0.6 is 23.2 Å². The fraction of sp³-hybridized carbons (Fsp3) is 0. The number of hydrogen-bond acceptors (Lipinski definition) is 3. The van der Waals surface area contributed by atoms with E-state index in [1.165, 1.54) is 36.5 Å². The molecule has 2 aromatic rings. The van der Waals surface area contributed by atoms with Crippen molar-refractivity contribution in [1.82, 2.24) is 4.98 Å². The number of anilines is 1. The van der Waals surface area contributed by atoms with Crippen LogP contribution in [0.4, 0.5) is 5.69 Å². The third-order valence-electron chi connectivity index (χ3n) is 2.43. The van der Waals surface area contributed by atoms with Crippen molar-refractivity contribution in [2.24, 2.45) is 0 Å². The molecule has 0 aliphatic carbocycles. The van der Waals surface area contributed by atoms with Crippen molar-refractivity contribution in [2.75, 3.05) is 5.32 Å². The molecular formula is C13H8Cl2N2O3. The van der Waals surface area contributed by atoms with Crippen LogP contribution in [0, 0.1) is 0 Å². The molecule has 0 aliphatic rings. The zero-order valence-corrected chi connectivity index (χ0v) is 11.4. The Labute approximate surface area is 124 Å². The molecule has 0 saturated heterocycles. The molecule has 102 valence electrons. The van der Waals surface area contributed by atoms with Crippen LogP contribution in [-0.2, 0) is 0 Å². The molecule has 20 heavy (non-hydrogen) atoms. The lowest BCUT2D eigenvalue weighted by Crippen LogP contribution is -2.16. The average Bonchev–Trinajstić information content (AvgIpc) is 2.38. The smallest absolute Gasteiger partial charge is 0.356 e. The van der Waals surface area contributed by atoms with Crippen LogP contribution in [0.15, 0.2) is 36.5 Å². The van der Waals surface area contributed by atoms with Crippen LogP contribution in [0.2, 0.25) is 10.0 Å². The van der Waals surface area contributed by atoms with E-state index in [2.05, 4.69) is 10.3 Å². The van der Waals surface area contributed by atoms with Crippen molar-refractivity contribution in [3.8, 4) is 0 Å². The molecule has 0 fully saturated rings. The minimum Gasteiger partial charge on any atom is -0.476 e. The van der Waals surface area contributed by atoms with E-state index in [0.717, 1.165) is 0 Å². The number of carboxylic acids is 1. The van der Waals surface area contributed by atoms with Gasteiger partial charge in [-0.15, -0.1) is 0 Å². The van der Waals surface area contributed by atoms with Gasteiger partial charge in [-0.05, 0) is 30.3 Å². The number of aromatic nitrogens is 1. The van der Waals surface area contributed by atoms with E-state index >= 15 is 0 Å². The molecule has 7 heteroatoms. The maximum Gasteiger partial charge on any atom is 0.356 e. The number of rotatable bonds is 3. The Morgan fingerprint density at radius 2 is 1.95 bits per heavy atom. The van der Waals surface area contributed by atoms with E-state index in [1.807, 2.05) is 0 Å². The summed E-state index contributed by atoms with van der Waals surface area (Å²) in [4.78, 5) is 26.7. The van der Waals surface area contributed by atoms with E-state index in [4.69, 9.17) is 28.3 Å². The van der Waals surface area contributed by atoms with Gasteiger partial charge in [-0.1, -0.05) is 23.2 Å². The summed E-state index contributed by atoms with van der Waals surface area (Å²) in [5.41, 5.74) is 0.0400. The Hall–Kier alpha value is -2.11. The Morgan fingerprint density at radius 1 is 1.20 bits per heavy atom. The molecule has 0 radical (unpaired) electrons. The molecule has 1 heterocycles. The number of carbonyl (C=O) groups excluding carboxylic acids is 1. The van der Waals surface area contributed by atoms with Crippen LogP contribution in [0.3, 0.4) is 0 Å². The number of amides is 1. The van der Waals surface area contributed by atoms with E-state index < -0.39 is 11.9 Å². The Morgan fingerprint density at radius 3 is 2.60 bits per heavy atom. The van der Waals surface area contributed by atoms with Gasteiger partial charge >= 0.3 is 5.97 Å². The lowest BCUT2D eigenvalue weighted by molar-refractivity contribution is 0.0692. The fourth-order valence-electron chi connectivity index (χ4n) is 1.54. The average molecular weight is 311 g/mol. The number of carboxylic acid groups (broad SMARTS) is 1. The van der Waals surface area contributed by atoms with E-state index in [0.29, 0.717) is 5.02 Å². The molecule has 1 aromatic carbocycles. The maximum absolute atomic E-state index is 12.1. The maximum atomic E-state index is 12.1. The highest BCUT2D eigenvalue weighted by Crippen LogP contribution is 2.22. The molecular weight excluding hydrogens is 303 g/mol. The second-order valence-electron chi connectivity index (χ2n) is 3.78. The lowest BCUT2D eigenvalue weighted by Gasteiger charge is -2.08. The summed E-state index contributed by atoms with van der Waals surface area (Å²) in [6.45, 7) is 0. The SMILES string of the molecule is O=C(Nc1cccnc1C(=O)O)c1ccc(Cl)cc1Cl. The summed E-state index contributed by atoms with van der Waals surface area (Å²) in [7, 11) is 0. The first-order valence-electron chi connectivity index (χ1n) is 5.44. The highest BCUT2D eigenvalue weighted by atomic mass is 35.5. The molecule has 1 amide bonds. The van der Waals surface area contributed by atoms with Gasteiger partial charge in [-0.25, -0.2) is 9.78 Å². The number of carbonyl (C=O) groups is 2. The first-order valence-corrected chi connectivity index (χ1v) is 6.19. The number of pyridine rings is 1. The van der Waals surface area contributed by atoms with Crippen LogP contribution in [0.25, 0.3) is 0 Å².